The topological polar surface area (TPSA) is 61.6 Å². The fraction of sp³-hybridized carbons (Fsp3) is 0.143. The van der Waals surface area contributed by atoms with Crippen LogP contribution in [0.3, 0.4) is 0 Å². The highest BCUT2D eigenvalue weighted by molar-refractivity contribution is 6.32. The van der Waals surface area contributed by atoms with E-state index in [0.29, 0.717) is 18.1 Å². The maximum Gasteiger partial charge on any atom is 0.329 e. The lowest BCUT2D eigenvalue weighted by Crippen LogP contribution is -1.95. The Bertz CT molecular complexity index is 630. The molecule has 0 radical (unpaired) electrons. The van der Waals surface area contributed by atoms with Crippen molar-refractivity contribution in [2.24, 2.45) is 0 Å². The van der Waals surface area contributed by atoms with Crippen molar-refractivity contribution in [2.75, 3.05) is 6.61 Å². The Labute approximate surface area is 120 Å². The number of nitro benzene ring substituents is 1. The summed E-state index contributed by atoms with van der Waals surface area (Å²) in [7, 11) is 0. The Morgan fingerprint density at radius 1 is 1.20 bits per heavy atom. The first-order chi connectivity index (χ1) is 9.61. The Balaban J connectivity index is 2.32. The van der Waals surface area contributed by atoms with Crippen LogP contribution in [0.5, 0.6) is 17.2 Å². The lowest BCUT2D eigenvalue weighted by atomic mass is 10.3. The van der Waals surface area contributed by atoms with Crippen molar-refractivity contribution in [1.29, 1.82) is 0 Å². The smallest absolute Gasteiger partial charge is 0.329 e. The van der Waals surface area contributed by atoms with E-state index in [0.717, 1.165) is 0 Å². The van der Waals surface area contributed by atoms with Gasteiger partial charge in [0, 0.05) is 6.07 Å². The molecule has 5 nitrogen and oxygen atoms in total. The summed E-state index contributed by atoms with van der Waals surface area (Å²) in [5.74, 6) is 1.17. The van der Waals surface area contributed by atoms with E-state index in [1.807, 2.05) is 6.92 Å². The third-order valence-corrected chi connectivity index (χ3v) is 2.78. The molecule has 0 N–H and O–H groups in total. The Hall–Kier alpha value is -2.27. The van der Waals surface area contributed by atoms with Gasteiger partial charge in [-0.1, -0.05) is 23.7 Å². The number of hydrogen-bond donors (Lipinski definition) is 0. The molecule has 0 saturated heterocycles. The van der Waals surface area contributed by atoms with Gasteiger partial charge in [-0.05, 0) is 31.2 Å². The first-order valence-electron chi connectivity index (χ1n) is 5.95. The molecule has 0 unspecified atom stereocenters. The third kappa shape index (κ3) is 3.19. The molecule has 0 atom stereocenters. The molecule has 0 saturated carbocycles. The first-order valence-corrected chi connectivity index (χ1v) is 6.33. The third-order valence-electron chi connectivity index (χ3n) is 2.48. The molecule has 0 fully saturated rings. The van der Waals surface area contributed by atoms with Gasteiger partial charge in [0.2, 0.25) is 5.75 Å². The highest BCUT2D eigenvalue weighted by atomic mass is 35.5. The van der Waals surface area contributed by atoms with Crippen molar-refractivity contribution >= 4 is 17.3 Å². The van der Waals surface area contributed by atoms with Crippen molar-refractivity contribution in [2.45, 2.75) is 6.92 Å². The van der Waals surface area contributed by atoms with Gasteiger partial charge in [0.25, 0.3) is 0 Å². The normalized spacial score (nSPS) is 10.1. The minimum atomic E-state index is -0.565. The van der Waals surface area contributed by atoms with E-state index in [1.165, 1.54) is 12.1 Å². The summed E-state index contributed by atoms with van der Waals surface area (Å²) in [6.07, 6.45) is 0. The Kier molecular flexibility index (Phi) is 4.42. The number of para-hydroxylation sites is 1. The van der Waals surface area contributed by atoms with Crippen LogP contribution in [0, 0.1) is 10.1 Å². The molecule has 0 aliphatic carbocycles. The minimum absolute atomic E-state index is 0.0356. The van der Waals surface area contributed by atoms with Gasteiger partial charge in [0.15, 0.2) is 0 Å². The molecule has 20 heavy (non-hydrogen) atoms. The molecule has 0 spiro atoms. The number of halogens is 1. The standard InChI is InChI=1S/C14H12ClNO4/c1-2-19-10-5-3-6-11(9-10)20-13-8-4-7-12(15)14(13)16(17)18/h3-9H,2H2,1H3. The molecular formula is C14H12ClNO4. The zero-order valence-electron chi connectivity index (χ0n) is 10.7. The number of rotatable bonds is 5. The largest absolute Gasteiger partial charge is 0.494 e. The molecule has 2 aromatic carbocycles. The van der Waals surface area contributed by atoms with Gasteiger partial charge < -0.3 is 9.47 Å². The monoisotopic (exact) mass is 293 g/mol. The van der Waals surface area contributed by atoms with Gasteiger partial charge in [0.1, 0.15) is 16.5 Å². The van der Waals surface area contributed by atoms with Crippen LogP contribution in [0.15, 0.2) is 42.5 Å². The SMILES string of the molecule is CCOc1cccc(Oc2cccc(Cl)c2[N+](=O)[O-])c1. The van der Waals surface area contributed by atoms with Crippen LogP contribution in [0.4, 0.5) is 5.69 Å². The van der Waals surface area contributed by atoms with E-state index < -0.39 is 4.92 Å². The van der Waals surface area contributed by atoms with E-state index in [-0.39, 0.29) is 16.5 Å². The number of nitrogens with zero attached hydrogens (tertiary/aromatic N) is 1. The van der Waals surface area contributed by atoms with Crippen molar-refractivity contribution < 1.29 is 14.4 Å². The van der Waals surface area contributed by atoms with Gasteiger partial charge in [-0.3, -0.25) is 10.1 Å². The second-order valence-electron chi connectivity index (χ2n) is 3.85. The summed E-state index contributed by atoms with van der Waals surface area (Å²) < 4.78 is 10.9. The zero-order valence-corrected chi connectivity index (χ0v) is 11.5. The second-order valence-corrected chi connectivity index (χ2v) is 4.26. The number of nitro groups is 1. The first kappa shape index (κ1) is 14.1. The molecule has 104 valence electrons. The van der Waals surface area contributed by atoms with Gasteiger partial charge in [-0.15, -0.1) is 0 Å². The van der Waals surface area contributed by atoms with Crippen molar-refractivity contribution in [1.82, 2.24) is 0 Å². The van der Waals surface area contributed by atoms with Crippen LogP contribution >= 0.6 is 11.6 Å². The van der Waals surface area contributed by atoms with Gasteiger partial charge in [0.05, 0.1) is 11.5 Å². The summed E-state index contributed by atoms with van der Waals surface area (Å²) in [6, 6.07) is 11.4. The highest BCUT2D eigenvalue weighted by Crippen LogP contribution is 2.37. The molecule has 6 heteroatoms. The number of ether oxygens (including phenoxy) is 2. The molecule has 0 aliphatic rings. The molecule has 0 heterocycles. The molecule has 2 rings (SSSR count). The van der Waals surface area contributed by atoms with Crippen LogP contribution in [-0.4, -0.2) is 11.5 Å². The number of benzene rings is 2. The molecule has 0 bridgehead atoms. The fourth-order valence-corrected chi connectivity index (χ4v) is 1.91. The highest BCUT2D eigenvalue weighted by Gasteiger charge is 2.20. The van der Waals surface area contributed by atoms with E-state index in [9.17, 15) is 10.1 Å². The number of hydrogen-bond acceptors (Lipinski definition) is 4. The summed E-state index contributed by atoms with van der Waals surface area (Å²) in [5, 5.41) is 11.1. The fourth-order valence-electron chi connectivity index (χ4n) is 1.68. The van der Waals surface area contributed by atoms with Crippen LogP contribution in [0.25, 0.3) is 0 Å². The van der Waals surface area contributed by atoms with Crippen LogP contribution < -0.4 is 9.47 Å². The van der Waals surface area contributed by atoms with E-state index in [2.05, 4.69) is 0 Å². The second kappa shape index (κ2) is 6.25. The Morgan fingerprint density at radius 3 is 2.60 bits per heavy atom. The van der Waals surface area contributed by atoms with Gasteiger partial charge >= 0.3 is 5.69 Å². The summed E-state index contributed by atoms with van der Waals surface area (Å²) >= 11 is 5.83. The lowest BCUT2D eigenvalue weighted by molar-refractivity contribution is -0.385. The quantitative estimate of drug-likeness (QED) is 0.604. The zero-order chi connectivity index (χ0) is 14.5. The van der Waals surface area contributed by atoms with Crippen LogP contribution in [0.1, 0.15) is 6.92 Å². The predicted molar refractivity (Wildman–Crippen MR) is 75.8 cm³/mol. The van der Waals surface area contributed by atoms with Crippen molar-refractivity contribution in [3.8, 4) is 17.2 Å². The predicted octanol–water partition coefficient (Wildman–Crippen LogP) is 4.44. The molecule has 0 aromatic heterocycles. The van der Waals surface area contributed by atoms with E-state index in [1.54, 1.807) is 30.3 Å². The summed E-state index contributed by atoms with van der Waals surface area (Å²) in [5.41, 5.74) is -0.254. The van der Waals surface area contributed by atoms with Gasteiger partial charge in [-0.25, -0.2) is 0 Å². The van der Waals surface area contributed by atoms with E-state index >= 15 is 0 Å². The molecular weight excluding hydrogens is 282 g/mol. The Morgan fingerprint density at radius 2 is 1.90 bits per heavy atom. The maximum absolute atomic E-state index is 11.0. The van der Waals surface area contributed by atoms with E-state index in [4.69, 9.17) is 21.1 Å². The summed E-state index contributed by atoms with van der Waals surface area (Å²) in [6.45, 7) is 2.40. The summed E-state index contributed by atoms with van der Waals surface area (Å²) in [4.78, 5) is 10.5. The average Bonchev–Trinajstić information content (AvgIpc) is 2.39. The van der Waals surface area contributed by atoms with Crippen LogP contribution in [0.2, 0.25) is 5.02 Å². The molecule has 0 amide bonds. The minimum Gasteiger partial charge on any atom is -0.494 e. The molecule has 2 aromatic rings. The van der Waals surface area contributed by atoms with Crippen molar-refractivity contribution in [3.05, 3.63) is 57.6 Å². The lowest BCUT2D eigenvalue weighted by Gasteiger charge is -2.09. The molecule has 0 aliphatic heterocycles. The maximum atomic E-state index is 11.0. The van der Waals surface area contributed by atoms with Gasteiger partial charge in [-0.2, -0.15) is 0 Å². The van der Waals surface area contributed by atoms with Crippen molar-refractivity contribution in [3.63, 3.8) is 0 Å². The van der Waals surface area contributed by atoms with Crippen LogP contribution in [-0.2, 0) is 0 Å². The average molecular weight is 294 g/mol.